The van der Waals surface area contributed by atoms with Crippen molar-refractivity contribution in [2.45, 2.75) is 0 Å². The molecule has 0 spiro atoms. The van der Waals surface area contributed by atoms with Crippen molar-refractivity contribution >= 4 is 5.97 Å². The third kappa shape index (κ3) is 1.29. The van der Waals surface area contributed by atoms with Crippen LogP contribution in [-0.4, -0.2) is 11.1 Å². The zero-order chi connectivity index (χ0) is 8.43. The molecule has 0 fully saturated rings. The summed E-state index contributed by atoms with van der Waals surface area (Å²) in [5, 5.41) is 8.51. The van der Waals surface area contributed by atoms with Crippen molar-refractivity contribution in [1.82, 2.24) is 0 Å². The Morgan fingerprint density at radius 1 is 1.44 bits per heavy atom. The van der Waals surface area contributed by atoms with E-state index in [-0.39, 0.29) is 17.6 Å². The summed E-state index contributed by atoms with van der Waals surface area (Å²) < 4.78 is 14.3. The van der Waals surface area contributed by atoms with Gasteiger partial charge < -0.3 is 5.11 Å². The minimum atomic E-state index is -1.22. The number of hydrogen-bond donors (Lipinski definition) is 1. The van der Waals surface area contributed by atoms with E-state index in [4.69, 9.17) is 7.85 Å². The van der Waals surface area contributed by atoms with Gasteiger partial charge in [0.1, 0.15) is 0 Å². The Morgan fingerprint density at radius 2 is 2.00 bits per heavy atom. The van der Waals surface area contributed by atoms with Gasteiger partial charge in [0.05, 0.1) is 8.30 Å². The summed E-state index contributed by atoms with van der Waals surface area (Å²) >= 11 is 0. The van der Waals surface area contributed by atoms with Crippen LogP contribution < -0.4 is 0 Å². The molecule has 2 nitrogen and oxygen atoms in total. The Balaban J connectivity index is 3.32. The Kier molecular flexibility index (Phi) is 0.939. The van der Waals surface area contributed by atoms with Crippen LogP contribution in [0.4, 0.5) is 0 Å². The highest BCUT2D eigenvalue weighted by atomic mass is 16.4. The summed E-state index contributed by atoms with van der Waals surface area (Å²) in [6.45, 7) is 0. The number of carboxylic acids is 1. The maximum Gasteiger partial charge on any atom is 0.335 e. The second-order valence-corrected chi connectivity index (χ2v) is 1.49. The Labute approximate surface area is 55.6 Å². The van der Waals surface area contributed by atoms with Gasteiger partial charge in [-0.3, -0.25) is 0 Å². The van der Waals surface area contributed by atoms with Gasteiger partial charge in [0, 0.05) is 0 Å². The monoisotopic (exact) mass is 124 g/mol. The number of rotatable bonds is 1. The van der Waals surface area contributed by atoms with E-state index >= 15 is 0 Å². The van der Waals surface area contributed by atoms with Crippen molar-refractivity contribution < 1.29 is 12.6 Å². The van der Waals surface area contributed by atoms with Gasteiger partial charge in [-0.05, 0) is 12.1 Å². The third-order valence-electron chi connectivity index (χ3n) is 0.862. The van der Waals surface area contributed by atoms with Gasteiger partial charge in [-0.2, -0.15) is 0 Å². The van der Waals surface area contributed by atoms with Crippen LogP contribution in [0.15, 0.2) is 30.3 Å². The van der Waals surface area contributed by atoms with Gasteiger partial charge in [-0.25, -0.2) is 4.79 Å². The maximum atomic E-state index is 10.4. The van der Waals surface area contributed by atoms with Crippen molar-refractivity contribution in [1.29, 1.82) is 0 Å². The van der Waals surface area contributed by atoms with E-state index in [1.807, 2.05) is 0 Å². The van der Waals surface area contributed by atoms with Crippen LogP contribution in [0.5, 0.6) is 0 Å². The summed E-state index contributed by atoms with van der Waals surface area (Å²) in [6, 6.07) is 3.94. The zero-order valence-corrected chi connectivity index (χ0v) is 4.59. The fourth-order valence-corrected chi connectivity index (χ4v) is 0.476. The summed E-state index contributed by atoms with van der Waals surface area (Å²) in [6.07, 6.45) is 0. The largest absolute Gasteiger partial charge is 0.478 e. The van der Waals surface area contributed by atoms with E-state index < -0.39 is 5.97 Å². The van der Waals surface area contributed by atoms with Crippen LogP contribution in [0.1, 0.15) is 13.1 Å². The molecule has 0 bridgehead atoms. The molecule has 0 saturated heterocycles. The number of aromatic carboxylic acids is 1. The minimum absolute atomic E-state index is 0.120. The highest BCUT2D eigenvalue weighted by Crippen LogP contribution is 1.96. The number of hydrogen-bond acceptors (Lipinski definition) is 1. The molecule has 1 aromatic rings. The van der Waals surface area contributed by atoms with Gasteiger partial charge in [0.15, 0.2) is 0 Å². The molecule has 1 aromatic carbocycles. The lowest BCUT2D eigenvalue weighted by Crippen LogP contribution is -1.93. The molecule has 0 unspecified atom stereocenters. The van der Waals surface area contributed by atoms with E-state index in [1.54, 1.807) is 0 Å². The minimum Gasteiger partial charge on any atom is -0.478 e. The number of benzene rings is 1. The molecular formula is C7H6O2. The Bertz CT molecular complexity index is 276. The predicted octanol–water partition coefficient (Wildman–Crippen LogP) is 1.38. The first kappa shape index (κ1) is 3.67. The van der Waals surface area contributed by atoms with E-state index in [2.05, 4.69) is 0 Å². The predicted molar refractivity (Wildman–Crippen MR) is 33.4 cm³/mol. The molecule has 46 valence electrons. The number of carbonyl (C=O) groups is 1. The molecule has 9 heavy (non-hydrogen) atoms. The van der Waals surface area contributed by atoms with Gasteiger partial charge in [-0.1, -0.05) is 18.2 Å². The highest BCUT2D eigenvalue weighted by Gasteiger charge is 1.96. The quantitative estimate of drug-likeness (QED) is 0.614. The molecule has 0 saturated carbocycles. The molecule has 0 amide bonds. The fourth-order valence-electron chi connectivity index (χ4n) is 0.476. The van der Waals surface area contributed by atoms with Gasteiger partial charge in [0.2, 0.25) is 0 Å². The maximum absolute atomic E-state index is 10.4. The summed E-state index contributed by atoms with van der Waals surface area (Å²) in [7, 11) is 0. The lowest BCUT2D eigenvalue weighted by molar-refractivity contribution is 0.0697. The second-order valence-electron chi connectivity index (χ2n) is 1.49. The van der Waals surface area contributed by atoms with Crippen molar-refractivity contribution in [3.63, 3.8) is 0 Å². The van der Waals surface area contributed by atoms with Crippen molar-refractivity contribution in [3.05, 3.63) is 35.8 Å². The lowest BCUT2D eigenvalue weighted by atomic mass is 10.2. The Morgan fingerprint density at radius 3 is 2.33 bits per heavy atom. The van der Waals surface area contributed by atoms with E-state index in [0.717, 1.165) is 0 Å². The smallest absolute Gasteiger partial charge is 0.335 e. The SMILES string of the molecule is [2H]c1cccc([2H])c1C(=O)O. The normalized spacial score (nSPS) is 12.0. The van der Waals surface area contributed by atoms with Crippen molar-refractivity contribution in [2.24, 2.45) is 0 Å². The van der Waals surface area contributed by atoms with Crippen LogP contribution in [0, 0.1) is 0 Å². The second kappa shape index (κ2) is 2.31. The molecule has 0 radical (unpaired) electrons. The average Bonchev–Trinajstić information content (AvgIpc) is 1.85. The molecule has 2 heteroatoms. The molecule has 1 rings (SSSR count). The molecule has 0 aromatic heterocycles. The van der Waals surface area contributed by atoms with Crippen LogP contribution >= 0.6 is 0 Å². The molecule has 0 aliphatic carbocycles. The van der Waals surface area contributed by atoms with E-state index in [9.17, 15) is 4.79 Å². The fraction of sp³-hybridized carbons (Fsp3) is 0. The number of carboxylic acid groups (broad SMARTS) is 1. The van der Waals surface area contributed by atoms with Crippen LogP contribution in [0.2, 0.25) is 0 Å². The molecule has 1 N–H and O–H groups in total. The lowest BCUT2D eigenvalue weighted by Gasteiger charge is -1.88. The highest BCUT2D eigenvalue weighted by molar-refractivity contribution is 5.87. The van der Waals surface area contributed by atoms with Gasteiger partial charge in [0.25, 0.3) is 0 Å². The topological polar surface area (TPSA) is 37.3 Å². The molecular weight excluding hydrogens is 116 g/mol. The Hall–Kier alpha value is -1.31. The van der Waals surface area contributed by atoms with Crippen LogP contribution in [-0.2, 0) is 0 Å². The van der Waals surface area contributed by atoms with E-state index in [1.165, 1.54) is 18.2 Å². The van der Waals surface area contributed by atoms with Crippen LogP contribution in [0.25, 0.3) is 0 Å². The van der Waals surface area contributed by atoms with Crippen LogP contribution in [0.3, 0.4) is 0 Å². The van der Waals surface area contributed by atoms with Crippen molar-refractivity contribution in [2.75, 3.05) is 0 Å². The molecule has 0 heterocycles. The summed E-state index contributed by atoms with van der Waals surface area (Å²) in [5.74, 6) is -1.22. The summed E-state index contributed by atoms with van der Waals surface area (Å²) in [5.41, 5.74) is -0.243. The van der Waals surface area contributed by atoms with Crippen molar-refractivity contribution in [3.8, 4) is 0 Å². The summed E-state index contributed by atoms with van der Waals surface area (Å²) in [4.78, 5) is 10.4. The van der Waals surface area contributed by atoms with Gasteiger partial charge in [-0.15, -0.1) is 0 Å². The third-order valence-corrected chi connectivity index (χ3v) is 0.862. The van der Waals surface area contributed by atoms with Gasteiger partial charge >= 0.3 is 5.97 Å². The average molecular weight is 124 g/mol. The van der Waals surface area contributed by atoms with E-state index in [0.29, 0.717) is 0 Å². The first-order valence-electron chi connectivity index (χ1n) is 3.42. The molecule has 0 aliphatic heterocycles. The molecule has 0 atom stereocenters. The molecule has 0 aliphatic rings. The first-order valence-corrected chi connectivity index (χ1v) is 2.42. The zero-order valence-electron chi connectivity index (χ0n) is 6.59. The first-order chi connectivity index (χ1) is 5.13. The standard InChI is InChI=1S/C7H6O2/c8-7(9)6-4-2-1-3-5-6/h1-5H,(H,8,9)/i4D,5D.